The van der Waals surface area contributed by atoms with Crippen molar-refractivity contribution in [2.24, 2.45) is 0 Å². The van der Waals surface area contributed by atoms with E-state index in [-0.39, 0.29) is 11.3 Å². The second kappa shape index (κ2) is 6.33. The van der Waals surface area contributed by atoms with Crippen molar-refractivity contribution in [3.05, 3.63) is 23.8 Å². The number of aromatic carboxylic acids is 1. The number of nitrogens with one attached hydrogen (secondary N) is 1. The molecule has 0 saturated carbocycles. The van der Waals surface area contributed by atoms with E-state index in [9.17, 15) is 27.9 Å². The minimum atomic E-state index is -4.37. The lowest BCUT2D eigenvalue weighted by Gasteiger charge is -2.19. The van der Waals surface area contributed by atoms with Gasteiger partial charge in [-0.1, -0.05) is 0 Å². The average Bonchev–Trinajstić information content (AvgIpc) is 2.34. The standard InChI is InChI=1S/C12H13F3N2O4/c1-17(5-4-12(13,14)15)11(21)16-7-2-3-8(10(19)20)9(18)6-7/h2-3,6,18H,4-5H2,1H3,(H,16,21)(H,19,20). The molecule has 0 atom stereocenters. The zero-order valence-corrected chi connectivity index (χ0v) is 10.9. The quantitative estimate of drug-likeness (QED) is 0.797. The lowest BCUT2D eigenvalue weighted by molar-refractivity contribution is -0.135. The molecule has 116 valence electrons. The van der Waals surface area contributed by atoms with Crippen LogP contribution >= 0.6 is 0 Å². The molecule has 9 heteroatoms. The molecule has 3 N–H and O–H groups in total. The Bertz CT molecular complexity index is 546. The van der Waals surface area contributed by atoms with Crippen LogP contribution in [0.25, 0.3) is 0 Å². The Morgan fingerprint density at radius 2 is 1.95 bits per heavy atom. The Kier molecular flexibility index (Phi) is 5.01. The third-order valence-electron chi connectivity index (χ3n) is 2.56. The van der Waals surface area contributed by atoms with Crippen molar-refractivity contribution in [1.82, 2.24) is 4.90 Å². The molecule has 0 unspecified atom stereocenters. The predicted octanol–water partition coefficient (Wildman–Crippen LogP) is 2.51. The largest absolute Gasteiger partial charge is 0.507 e. The number of carbonyl (C=O) groups excluding carboxylic acids is 1. The van der Waals surface area contributed by atoms with Crippen molar-refractivity contribution >= 4 is 17.7 Å². The number of halogens is 3. The maximum absolute atomic E-state index is 12.0. The number of carboxylic acids is 1. The number of carboxylic acid groups (broad SMARTS) is 1. The Labute approximate surface area is 117 Å². The van der Waals surface area contributed by atoms with Crippen molar-refractivity contribution in [1.29, 1.82) is 0 Å². The molecule has 2 amide bonds. The number of phenols is 1. The first-order valence-corrected chi connectivity index (χ1v) is 5.75. The minimum absolute atomic E-state index is 0.0707. The van der Waals surface area contributed by atoms with Gasteiger partial charge >= 0.3 is 18.2 Å². The number of amides is 2. The SMILES string of the molecule is CN(CCC(F)(F)F)C(=O)Nc1ccc(C(=O)O)c(O)c1. The van der Waals surface area contributed by atoms with Crippen molar-refractivity contribution in [2.75, 3.05) is 18.9 Å². The second-order valence-electron chi connectivity index (χ2n) is 4.25. The smallest absolute Gasteiger partial charge is 0.390 e. The van der Waals surface area contributed by atoms with Crippen LogP contribution in [0.1, 0.15) is 16.8 Å². The monoisotopic (exact) mass is 306 g/mol. The summed E-state index contributed by atoms with van der Waals surface area (Å²) in [7, 11) is 1.19. The fourth-order valence-corrected chi connectivity index (χ4v) is 1.41. The van der Waals surface area contributed by atoms with Gasteiger partial charge in [-0.25, -0.2) is 9.59 Å². The molecule has 0 fully saturated rings. The van der Waals surface area contributed by atoms with E-state index >= 15 is 0 Å². The van der Waals surface area contributed by atoms with Crippen LogP contribution in [0, 0.1) is 0 Å². The highest BCUT2D eigenvalue weighted by Gasteiger charge is 2.28. The lowest BCUT2D eigenvalue weighted by Crippen LogP contribution is -2.34. The van der Waals surface area contributed by atoms with Gasteiger partial charge in [0.15, 0.2) is 0 Å². The molecule has 1 aromatic carbocycles. The van der Waals surface area contributed by atoms with E-state index in [1.165, 1.54) is 13.1 Å². The van der Waals surface area contributed by atoms with Crippen LogP contribution < -0.4 is 5.32 Å². The first-order valence-electron chi connectivity index (χ1n) is 5.75. The van der Waals surface area contributed by atoms with Crippen LogP contribution in [0.3, 0.4) is 0 Å². The van der Waals surface area contributed by atoms with E-state index in [0.29, 0.717) is 0 Å². The van der Waals surface area contributed by atoms with Crippen LogP contribution in [0.2, 0.25) is 0 Å². The molecule has 0 aliphatic carbocycles. The van der Waals surface area contributed by atoms with Crippen molar-refractivity contribution in [3.63, 3.8) is 0 Å². The number of urea groups is 1. The molecule has 0 spiro atoms. The van der Waals surface area contributed by atoms with Gasteiger partial charge in [-0.05, 0) is 12.1 Å². The molecule has 1 aromatic rings. The van der Waals surface area contributed by atoms with Gasteiger partial charge in [-0.2, -0.15) is 13.2 Å². The highest BCUT2D eigenvalue weighted by Crippen LogP contribution is 2.23. The molecule has 0 aliphatic heterocycles. The van der Waals surface area contributed by atoms with E-state index in [2.05, 4.69) is 5.32 Å². The van der Waals surface area contributed by atoms with Gasteiger partial charge in [0.2, 0.25) is 0 Å². The molecular formula is C12H13F3N2O4. The number of benzene rings is 1. The molecule has 21 heavy (non-hydrogen) atoms. The van der Waals surface area contributed by atoms with Gasteiger partial charge in [-0.3, -0.25) is 0 Å². The molecule has 0 saturated heterocycles. The van der Waals surface area contributed by atoms with E-state index in [4.69, 9.17) is 5.11 Å². The highest BCUT2D eigenvalue weighted by molar-refractivity contribution is 5.93. The molecule has 0 radical (unpaired) electrons. The second-order valence-corrected chi connectivity index (χ2v) is 4.25. The number of nitrogens with zero attached hydrogens (tertiary/aromatic N) is 1. The summed E-state index contributed by atoms with van der Waals surface area (Å²) in [5, 5.41) is 20.4. The van der Waals surface area contributed by atoms with Gasteiger partial charge in [0.05, 0.1) is 6.42 Å². The van der Waals surface area contributed by atoms with Gasteiger partial charge in [0.25, 0.3) is 0 Å². The summed E-state index contributed by atoms with van der Waals surface area (Å²) >= 11 is 0. The average molecular weight is 306 g/mol. The number of rotatable bonds is 4. The summed E-state index contributed by atoms with van der Waals surface area (Å²) in [5.74, 6) is -1.90. The zero-order chi connectivity index (χ0) is 16.2. The third-order valence-corrected chi connectivity index (χ3v) is 2.56. The van der Waals surface area contributed by atoms with Gasteiger partial charge in [0, 0.05) is 25.3 Å². The number of anilines is 1. The molecule has 1 rings (SSSR count). The topological polar surface area (TPSA) is 89.9 Å². The Morgan fingerprint density at radius 3 is 2.43 bits per heavy atom. The first kappa shape index (κ1) is 16.6. The first-order chi connectivity index (χ1) is 9.60. The maximum atomic E-state index is 12.0. The van der Waals surface area contributed by atoms with E-state index < -0.39 is 36.9 Å². The normalized spacial score (nSPS) is 11.0. The molecule has 0 heterocycles. The third kappa shape index (κ3) is 5.21. The maximum Gasteiger partial charge on any atom is 0.390 e. The van der Waals surface area contributed by atoms with Crippen LogP contribution in [0.15, 0.2) is 18.2 Å². The van der Waals surface area contributed by atoms with Crippen LogP contribution in [0.5, 0.6) is 5.75 Å². The number of aromatic hydroxyl groups is 1. The van der Waals surface area contributed by atoms with E-state index in [1.807, 2.05) is 0 Å². The summed E-state index contributed by atoms with van der Waals surface area (Å²) in [6, 6.07) is 2.49. The van der Waals surface area contributed by atoms with Gasteiger partial charge in [0.1, 0.15) is 11.3 Å². The summed E-state index contributed by atoms with van der Waals surface area (Å²) in [4.78, 5) is 23.1. The van der Waals surface area contributed by atoms with E-state index in [1.54, 1.807) is 0 Å². The molecule has 0 aromatic heterocycles. The molecule has 0 aliphatic rings. The Hall–Kier alpha value is -2.45. The van der Waals surface area contributed by atoms with Crippen molar-refractivity contribution in [3.8, 4) is 5.75 Å². The highest BCUT2D eigenvalue weighted by atomic mass is 19.4. The van der Waals surface area contributed by atoms with Crippen molar-refractivity contribution in [2.45, 2.75) is 12.6 Å². The van der Waals surface area contributed by atoms with Crippen LogP contribution in [-0.4, -0.2) is 46.9 Å². The summed E-state index contributed by atoms with van der Waals surface area (Å²) < 4.78 is 36.1. The Balaban J connectivity index is 2.66. The summed E-state index contributed by atoms with van der Waals surface area (Å²) in [6.07, 6.45) is -5.50. The predicted molar refractivity (Wildman–Crippen MR) is 67.4 cm³/mol. The minimum Gasteiger partial charge on any atom is -0.507 e. The number of alkyl halides is 3. The van der Waals surface area contributed by atoms with Gasteiger partial charge in [-0.15, -0.1) is 0 Å². The zero-order valence-electron chi connectivity index (χ0n) is 10.9. The fraction of sp³-hybridized carbons (Fsp3) is 0.333. The lowest BCUT2D eigenvalue weighted by atomic mass is 10.2. The molecule has 0 bridgehead atoms. The summed E-state index contributed by atoms with van der Waals surface area (Å²) in [6.45, 7) is -0.519. The van der Waals surface area contributed by atoms with Crippen LogP contribution in [0.4, 0.5) is 23.7 Å². The fourth-order valence-electron chi connectivity index (χ4n) is 1.41. The summed E-state index contributed by atoms with van der Waals surface area (Å²) in [5.41, 5.74) is -0.278. The molecular weight excluding hydrogens is 293 g/mol. The molecule has 6 nitrogen and oxygen atoms in total. The van der Waals surface area contributed by atoms with Crippen molar-refractivity contribution < 1.29 is 33.0 Å². The number of hydrogen-bond acceptors (Lipinski definition) is 3. The van der Waals surface area contributed by atoms with Crippen LogP contribution in [-0.2, 0) is 0 Å². The van der Waals surface area contributed by atoms with Gasteiger partial charge < -0.3 is 20.4 Å². The number of hydrogen-bond donors (Lipinski definition) is 3. The number of carbonyl (C=O) groups is 2. The van der Waals surface area contributed by atoms with E-state index in [0.717, 1.165) is 17.0 Å². The Morgan fingerprint density at radius 1 is 1.33 bits per heavy atom.